The summed E-state index contributed by atoms with van der Waals surface area (Å²) in [6.45, 7) is 9.54. The second-order valence-corrected chi connectivity index (χ2v) is 6.20. The average Bonchev–Trinajstić information content (AvgIpc) is 2.76. The molecule has 106 valence electrons. The molecule has 1 aromatic heterocycles. The third-order valence-electron chi connectivity index (χ3n) is 3.52. The van der Waals surface area contributed by atoms with Crippen LogP contribution in [0.1, 0.15) is 31.4 Å². The molecule has 2 rings (SSSR count). The van der Waals surface area contributed by atoms with Gasteiger partial charge in [-0.2, -0.15) is 0 Å². The molecule has 3 N–H and O–H groups in total. The molecule has 1 amide bonds. The Morgan fingerprint density at radius 3 is 2.84 bits per heavy atom. The summed E-state index contributed by atoms with van der Waals surface area (Å²) in [5.41, 5.74) is 5.30. The molecule has 0 atom stereocenters. The van der Waals surface area contributed by atoms with Gasteiger partial charge in [0.1, 0.15) is 0 Å². The van der Waals surface area contributed by atoms with E-state index in [1.165, 1.54) is 0 Å². The van der Waals surface area contributed by atoms with Crippen molar-refractivity contribution in [1.82, 2.24) is 14.9 Å². The fraction of sp³-hybridized carbons (Fsp3) is 0.692. The Kier molecular flexibility index (Phi) is 3.64. The Morgan fingerprint density at radius 2 is 2.32 bits per heavy atom. The zero-order chi connectivity index (χ0) is 14.1. The number of ether oxygens (including phenoxy) is 1. The normalized spacial score (nSPS) is 18.1. The minimum atomic E-state index is -0.502. The standard InChI is InChI=1S/C13H22N4O2/c1-12(2,6-15-7-13(3)8-19-9-13)17-5-4-16-11(17)10(14)18/h4-5,15H,6-9H2,1-3H3,(H2,14,18). The summed E-state index contributed by atoms with van der Waals surface area (Å²) in [5.74, 6) is -0.206. The van der Waals surface area contributed by atoms with Gasteiger partial charge in [-0.3, -0.25) is 4.79 Å². The smallest absolute Gasteiger partial charge is 0.284 e. The summed E-state index contributed by atoms with van der Waals surface area (Å²) < 4.78 is 7.05. The van der Waals surface area contributed by atoms with Crippen LogP contribution in [-0.2, 0) is 10.3 Å². The summed E-state index contributed by atoms with van der Waals surface area (Å²) >= 11 is 0. The van der Waals surface area contributed by atoms with Crippen molar-refractivity contribution >= 4 is 5.91 Å². The molecule has 0 aromatic carbocycles. The van der Waals surface area contributed by atoms with E-state index in [2.05, 4.69) is 17.2 Å². The van der Waals surface area contributed by atoms with Gasteiger partial charge in [-0.15, -0.1) is 0 Å². The molecule has 1 aliphatic rings. The Labute approximate surface area is 113 Å². The fourth-order valence-electron chi connectivity index (χ4n) is 2.28. The maximum atomic E-state index is 11.3. The van der Waals surface area contributed by atoms with Gasteiger partial charge in [0.2, 0.25) is 0 Å². The molecule has 1 fully saturated rings. The summed E-state index contributed by atoms with van der Waals surface area (Å²) in [4.78, 5) is 15.3. The van der Waals surface area contributed by atoms with Crippen molar-refractivity contribution in [3.8, 4) is 0 Å². The number of primary amides is 1. The minimum absolute atomic E-state index is 0.234. The van der Waals surface area contributed by atoms with Gasteiger partial charge in [0.15, 0.2) is 5.82 Å². The van der Waals surface area contributed by atoms with Gasteiger partial charge in [0.05, 0.1) is 18.8 Å². The van der Waals surface area contributed by atoms with Crippen molar-refractivity contribution in [2.24, 2.45) is 11.1 Å². The Hall–Kier alpha value is -1.40. The predicted molar refractivity (Wildman–Crippen MR) is 71.9 cm³/mol. The lowest BCUT2D eigenvalue weighted by molar-refractivity contribution is -0.0995. The van der Waals surface area contributed by atoms with Crippen LogP contribution in [0.4, 0.5) is 0 Å². The molecule has 0 bridgehead atoms. The lowest BCUT2D eigenvalue weighted by atomic mass is 9.88. The molecule has 1 aliphatic heterocycles. The van der Waals surface area contributed by atoms with Crippen molar-refractivity contribution in [2.45, 2.75) is 26.3 Å². The third kappa shape index (κ3) is 2.96. The molecule has 2 heterocycles. The molecule has 1 saturated heterocycles. The number of imidazole rings is 1. The highest BCUT2D eigenvalue weighted by Crippen LogP contribution is 2.25. The maximum Gasteiger partial charge on any atom is 0.284 e. The van der Waals surface area contributed by atoms with E-state index in [0.29, 0.717) is 5.82 Å². The maximum absolute atomic E-state index is 11.3. The van der Waals surface area contributed by atoms with Gasteiger partial charge >= 0.3 is 0 Å². The number of nitrogens with two attached hydrogens (primary N) is 1. The lowest BCUT2D eigenvalue weighted by Gasteiger charge is -2.39. The molecule has 0 aliphatic carbocycles. The predicted octanol–water partition coefficient (Wildman–Crippen LogP) is 0.343. The molecule has 0 unspecified atom stereocenters. The van der Waals surface area contributed by atoms with Crippen LogP contribution in [0, 0.1) is 5.41 Å². The van der Waals surface area contributed by atoms with E-state index in [0.717, 1.165) is 26.3 Å². The topological polar surface area (TPSA) is 82.2 Å². The molecule has 0 spiro atoms. The van der Waals surface area contributed by atoms with Gasteiger partial charge in [0, 0.05) is 30.9 Å². The van der Waals surface area contributed by atoms with Crippen molar-refractivity contribution in [1.29, 1.82) is 0 Å². The van der Waals surface area contributed by atoms with E-state index in [9.17, 15) is 4.79 Å². The molecular formula is C13H22N4O2. The van der Waals surface area contributed by atoms with Crippen LogP contribution in [-0.4, -0.2) is 41.8 Å². The van der Waals surface area contributed by atoms with Gasteiger partial charge in [-0.25, -0.2) is 4.98 Å². The van der Waals surface area contributed by atoms with Crippen molar-refractivity contribution in [3.05, 3.63) is 18.2 Å². The van der Waals surface area contributed by atoms with Crippen LogP contribution in [0.15, 0.2) is 12.4 Å². The third-order valence-corrected chi connectivity index (χ3v) is 3.52. The van der Waals surface area contributed by atoms with Crippen LogP contribution in [0.3, 0.4) is 0 Å². The van der Waals surface area contributed by atoms with E-state index in [-0.39, 0.29) is 11.0 Å². The summed E-state index contributed by atoms with van der Waals surface area (Å²) in [7, 11) is 0. The molecular weight excluding hydrogens is 244 g/mol. The number of hydrogen-bond donors (Lipinski definition) is 2. The first kappa shape index (κ1) is 14.0. The number of nitrogens with one attached hydrogen (secondary N) is 1. The van der Waals surface area contributed by atoms with Crippen LogP contribution < -0.4 is 11.1 Å². The van der Waals surface area contributed by atoms with Crippen molar-refractivity contribution < 1.29 is 9.53 Å². The van der Waals surface area contributed by atoms with Gasteiger partial charge in [-0.1, -0.05) is 6.92 Å². The Balaban J connectivity index is 1.97. The largest absolute Gasteiger partial charge is 0.380 e. The minimum Gasteiger partial charge on any atom is -0.380 e. The SMILES string of the molecule is CC1(CNCC(C)(C)n2ccnc2C(N)=O)COC1. The first-order chi connectivity index (χ1) is 8.84. The number of carbonyl (C=O) groups is 1. The van der Waals surface area contributed by atoms with E-state index < -0.39 is 5.91 Å². The number of nitrogens with zero attached hydrogens (tertiary/aromatic N) is 2. The highest BCUT2D eigenvalue weighted by molar-refractivity contribution is 5.89. The zero-order valence-electron chi connectivity index (χ0n) is 11.8. The number of carbonyl (C=O) groups excluding carboxylic acids is 1. The second kappa shape index (κ2) is 4.94. The molecule has 19 heavy (non-hydrogen) atoms. The Bertz CT molecular complexity index is 463. The molecule has 1 aromatic rings. The number of hydrogen-bond acceptors (Lipinski definition) is 4. The second-order valence-electron chi connectivity index (χ2n) is 6.20. The highest BCUT2D eigenvalue weighted by Gasteiger charge is 2.33. The monoisotopic (exact) mass is 266 g/mol. The molecule has 6 nitrogen and oxygen atoms in total. The van der Waals surface area contributed by atoms with E-state index in [4.69, 9.17) is 10.5 Å². The first-order valence-electron chi connectivity index (χ1n) is 6.46. The van der Waals surface area contributed by atoms with Gasteiger partial charge in [0.25, 0.3) is 5.91 Å². The fourth-order valence-corrected chi connectivity index (χ4v) is 2.28. The van der Waals surface area contributed by atoms with E-state index >= 15 is 0 Å². The summed E-state index contributed by atoms with van der Waals surface area (Å²) in [6, 6.07) is 0. The van der Waals surface area contributed by atoms with Crippen LogP contribution in [0.2, 0.25) is 0 Å². The first-order valence-corrected chi connectivity index (χ1v) is 6.46. The van der Waals surface area contributed by atoms with Gasteiger partial charge in [-0.05, 0) is 13.8 Å². The average molecular weight is 266 g/mol. The van der Waals surface area contributed by atoms with Crippen LogP contribution in [0.25, 0.3) is 0 Å². The summed E-state index contributed by atoms with van der Waals surface area (Å²) in [5, 5.41) is 3.44. The zero-order valence-corrected chi connectivity index (χ0v) is 11.8. The number of rotatable bonds is 6. The molecule has 6 heteroatoms. The molecule has 0 radical (unpaired) electrons. The quantitative estimate of drug-likeness (QED) is 0.778. The van der Waals surface area contributed by atoms with E-state index in [1.54, 1.807) is 12.4 Å². The van der Waals surface area contributed by atoms with Crippen molar-refractivity contribution in [3.63, 3.8) is 0 Å². The van der Waals surface area contributed by atoms with Crippen molar-refractivity contribution in [2.75, 3.05) is 26.3 Å². The molecule has 0 saturated carbocycles. The van der Waals surface area contributed by atoms with E-state index in [1.807, 2.05) is 18.4 Å². The number of amides is 1. The van der Waals surface area contributed by atoms with Crippen LogP contribution >= 0.6 is 0 Å². The summed E-state index contributed by atoms with van der Waals surface area (Å²) in [6.07, 6.45) is 3.39. The Morgan fingerprint density at radius 1 is 1.63 bits per heavy atom. The van der Waals surface area contributed by atoms with Gasteiger partial charge < -0.3 is 20.4 Å². The highest BCUT2D eigenvalue weighted by atomic mass is 16.5. The number of aromatic nitrogens is 2. The lowest BCUT2D eigenvalue weighted by Crippen LogP contribution is -2.50. The van der Waals surface area contributed by atoms with Crippen LogP contribution in [0.5, 0.6) is 0 Å².